The van der Waals surface area contributed by atoms with Crippen molar-refractivity contribution >= 4 is 45.1 Å². The number of alkyl halides is 1. The molecule has 5 aliphatic rings. The summed E-state index contributed by atoms with van der Waals surface area (Å²) in [5, 5.41) is 2.84. The first-order valence-corrected chi connectivity index (χ1v) is 12.0. The minimum absolute atomic E-state index is 0.00456. The van der Waals surface area contributed by atoms with Gasteiger partial charge in [-0.2, -0.15) is 0 Å². The zero-order chi connectivity index (χ0) is 22.0. The normalized spacial score (nSPS) is 34.8. The van der Waals surface area contributed by atoms with Gasteiger partial charge in [0.2, 0.25) is 5.91 Å². The molecule has 0 radical (unpaired) electrons. The molecule has 6 rings (SSSR count). The summed E-state index contributed by atoms with van der Waals surface area (Å²) in [5.74, 6) is 0.433. The highest BCUT2D eigenvalue weighted by atomic mass is 79.9. The number of carbonyl (C=O) groups excluding carboxylic acids is 3. The van der Waals surface area contributed by atoms with E-state index in [4.69, 9.17) is 4.74 Å². The number of fused-ring (bicyclic) bond motifs is 1. The molecule has 0 spiro atoms. The summed E-state index contributed by atoms with van der Waals surface area (Å²) in [4.78, 5) is 39.9. The van der Waals surface area contributed by atoms with E-state index in [1.54, 1.807) is 26.0 Å². The Morgan fingerprint density at radius 1 is 1.16 bits per heavy atom. The summed E-state index contributed by atoms with van der Waals surface area (Å²) in [7, 11) is 0. The van der Waals surface area contributed by atoms with Gasteiger partial charge in [0.1, 0.15) is 5.54 Å². The van der Waals surface area contributed by atoms with Gasteiger partial charge in [0.15, 0.2) is 6.61 Å². The van der Waals surface area contributed by atoms with Gasteiger partial charge in [-0.05, 0) is 81.8 Å². The van der Waals surface area contributed by atoms with E-state index in [1.807, 2.05) is 12.1 Å². The molecule has 2 atom stereocenters. The number of halogens is 1. The maximum atomic E-state index is 13.1. The molecular formula is C24H29BrN2O4. The zero-order valence-electron chi connectivity index (χ0n) is 18.1. The van der Waals surface area contributed by atoms with E-state index in [-0.39, 0.29) is 34.1 Å². The van der Waals surface area contributed by atoms with Crippen LogP contribution >= 0.6 is 15.9 Å². The number of rotatable bonds is 4. The number of hydrogen-bond donors (Lipinski definition) is 1. The first kappa shape index (κ1) is 21.0. The van der Waals surface area contributed by atoms with Crippen LogP contribution in [0, 0.1) is 17.3 Å². The first-order chi connectivity index (χ1) is 14.6. The molecule has 2 amide bonds. The Labute approximate surface area is 191 Å². The quantitative estimate of drug-likeness (QED) is 0.502. The molecule has 1 aliphatic heterocycles. The summed E-state index contributed by atoms with van der Waals surface area (Å²) in [6.45, 7) is 3.04. The Morgan fingerprint density at radius 3 is 2.52 bits per heavy atom. The monoisotopic (exact) mass is 488 g/mol. The molecule has 0 saturated heterocycles. The highest BCUT2D eigenvalue weighted by Crippen LogP contribution is 2.65. The smallest absolute Gasteiger partial charge is 0.306 e. The third-order valence-corrected chi connectivity index (χ3v) is 8.67. The Balaban J connectivity index is 1.27. The molecule has 1 N–H and O–H groups in total. The third-order valence-electron chi connectivity index (χ3n) is 7.74. The van der Waals surface area contributed by atoms with Crippen LogP contribution in [-0.2, 0) is 19.1 Å². The second kappa shape index (κ2) is 7.06. The molecule has 0 unspecified atom stereocenters. The van der Waals surface area contributed by atoms with Crippen LogP contribution in [-0.4, -0.2) is 34.3 Å². The summed E-state index contributed by atoms with van der Waals surface area (Å²) >= 11 is 3.98. The predicted molar refractivity (Wildman–Crippen MR) is 121 cm³/mol. The average Bonchev–Trinajstić information content (AvgIpc) is 2.64. The Morgan fingerprint density at radius 2 is 1.84 bits per heavy atom. The van der Waals surface area contributed by atoms with Gasteiger partial charge in [-0.3, -0.25) is 19.3 Å². The van der Waals surface area contributed by atoms with Crippen LogP contribution in [0.15, 0.2) is 24.3 Å². The second-order valence-electron chi connectivity index (χ2n) is 10.7. The van der Waals surface area contributed by atoms with Crippen molar-refractivity contribution in [2.75, 3.05) is 16.8 Å². The molecule has 1 heterocycles. The van der Waals surface area contributed by atoms with Gasteiger partial charge >= 0.3 is 5.97 Å². The second-order valence-corrected chi connectivity index (χ2v) is 12.4. The number of anilines is 2. The Bertz CT molecular complexity index is 945. The summed E-state index contributed by atoms with van der Waals surface area (Å²) < 4.78 is 5.68. The molecule has 7 heteroatoms. The molecule has 0 aromatic heterocycles. The van der Waals surface area contributed by atoms with E-state index in [0.717, 1.165) is 19.3 Å². The molecule has 31 heavy (non-hydrogen) atoms. The van der Waals surface area contributed by atoms with E-state index >= 15 is 0 Å². The van der Waals surface area contributed by atoms with Gasteiger partial charge in [0.05, 0.1) is 17.8 Å². The minimum Gasteiger partial charge on any atom is -0.456 e. The van der Waals surface area contributed by atoms with Crippen LogP contribution < -0.4 is 10.2 Å². The van der Waals surface area contributed by atoms with Crippen LogP contribution in [0.2, 0.25) is 0 Å². The van der Waals surface area contributed by atoms with Crippen molar-refractivity contribution < 1.29 is 19.1 Å². The van der Waals surface area contributed by atoms with Gasteiger partial charge in [0.25, 0.3) is 5.91 Å². The molecule has 4 saturated carbocycles. The number of amides is 2. The lowest BCUT2D eigenvalue weighted by molar-refractivity contribution is -0.154. The average molecular weight is 489 g/mol. The van der Waals surface area contributed by atoms with Crippen molar-refractivity contribution in [1.29, 1.82) is 0 Å². The largest absolute Gasteiger partial charge is 0.456 e. The van der Waals surface area contributed by atoms with Crippen LogP contribution in [0.1, 0.15) is 58.8 Å². The van der Waals surface area contributed by atoms with E-state index in [2.05, 4.69) is 21.2 Å². The summed E-state index contributed by atoms with van der Waals surface area (Å²) in [5.41, 5.74) is 0.142. The maximum Gasteiger partial charge on any atom is 0.306 e. The van der Waals surface area contributed by atoms with Crippen molar-refractivity contribution in [3.05, 3.63) is 24.3 Å². The molecule has 1 aromatic carbocycles. The van der Waals surface area contributed by atoms with Gasteiger partial charge in [-0.25, -0.2) is 0 Å². The van der Waals surface area contributed by atoms with E-state index in [0.29, 0.717) is 29.6 Å². The molecule has 4 fully saturated rings. The van der Waals surface area contributed by atoms with E-state index in [1.165, 1.54) is 24.2 Å². The van der Waals surface area contributed by atoms with Crippen molar-refractivity contribution in [1.82, 2.24) is 0 Å². The van der Waals surface area contributed by atoms with Gasteiger partial charge < -0.3 is 10.1 Å². The molecule has 166 valence electrons. The number of hydrogen-bond acceptors (Lipinski definition) is 4. The van der Waals surface area contributed by atoms with E-state index in [9.17, 15) is 14.4 Å². The predicted octanol–water partition coefficient (Wildman–Crippen LogP) is 4.42. The van der Waals surface area contributed by atoms with Crippen molar-refractivity contribution in [2.45, 2.75) is 68.7 Å². The summed E-state index contributed by atoms with van der Waals surface area (Å²) in [6.07, 6.45) is 7.28. The van der Waals surface area contributed by atoms with Crippen molar-refractivity contribution in [2.24, 2.45) is 17.3 Å². The number of esters is 1. The van der Waals surface area contributed by atoms with Crippen molar-refractivity contribution in [3.8, 4) is 0 Å². The summed E-state index contributed by atoms with van der Waals surface area (Å²) in [6, 6.07) is 7.18. The van der Waals surface area contributed by atoms with Crippen LogP contribution in [0.5, 0.6) is 0 Å². The lowest BCUT2D eigenvalue weighted by Crippen LogP contribution is -2.59. The molecular weight excluding hydrogens is 460 g/mol. The third kappa shape index (κ3) is 3.59. The van der Waals surface area contributed by atoms with Crippen molar-refractivity contribution in [3.63, 3.8) is 0 Å². The lowest BCUT2D eigenvalue weighted by Gasteiger charge is -2.60. The topological polar surface area (TPSA) is 75.7 Å². The van der Waals surface area contributed by atoms with E-state index < -0.39 is 5.54 Å². The number of nitrogens with one attached hydrogen (secondary N) is 1. The standard InChI is InChI=1S/C24H29BrN2O4/c1-22(2)21(30)26-17-5-3-4-6-18(17)27(22)19(28)13-31-20(29)12-23-8-15-7-16(9-23)11-24(25,10-15)14-23/h3-6,15-16H,7-14H2,1-2H3,(H,26,30)/t15-,16-,23?,24?/m0/s1. The number of carbonyl (C=O) groups is 3. The molecule has 6 nitrogen and oxygen atoms in total. The molecule has 1 aromatic rings. The number of ether oxygens (including phenoxy) is 1. The lowest BCUT2D eigenvalue weighted by atomic mass is 9.49. The zero-order valence-corrected chi connectivity index (χ0v) is 19.7. The van der Waals surface area contributed by atoms with Gasteiger partial charge in [-0.1, -0.05) is 28.1 Å². The number of nitrogens with zero attached hydrogens (tertiary/aromatic N) is 1. The van der Waals surface area contributed by atoms with Crippen LogP contribution in [0.4, 0.5) is 11.4 Å². The van der Waals surface area contributed by atoms with Gasteiger partial charge in [-0.15, -0.1) is 0 Å². The first-order valence-electron chi connectivity index (χ1n) is 11.2. The fraction of sp³-hybridized carbons (Fsp3) is 0.625. The van der Waals surface area contributed by atoms with Crippen LogP contribution in [0.25, 0.3) is 0 Å². The number of para-hydroxylation sites is 2. The Kier molecular flexibility index (Phi) is 4.78. The maximum absolute atomic E-state index is 13.1. The fourth-order valence-electron chi connectivity index (χ4n) is 7.01. The Hall–Kier alpha value is -1.89. The minimum atomic E-state index is -1.07. The fourth-order valence-corrected chi connectivity index (χ4v) is 8.52. The molecule has 4 bridgehead atoms. The molecule has 4 aliphatic carbocycles. The SMILES string of the molecule is CC1(C)C(=O)Nc2ccccc2N1C(=O)COC(=O)CC12C[C@@H]3C[C@H](CC(Br)(C3)C1)C2. The van der Waals surface area contributed by atoms with Crippen LogP contribution in [0.3, 0.4) is 0 Å². The highest BCUT2D eigenvalue weighted by Gasteiger charge is 2.57. The highest BCUT2D eigenvalue weighted by molar-refractivity contribution is 9.10. The van der Waals surface area contributed by atoms with Gasteiger partial charge in [0, 0.05) is 4.32 Å². The number of benzene rings is 1.